The summed E-state index contributed by atoms with van der Waals surface area (Å²) in [7, 11) is 3.87. The second-order valence-electron chi connectivity index (χ2n) is 4.49. The molecule has 0 bridgehead atoms. The third kappa shape index (κ3) is 1.63. The minimum atomic E-state index is -0.0319. The highest BCUT2D eigenvalue weighted by Crippen LogP contribution is 2.20. The number of piperidine rings is 1. The molecule has 2 N–H and O–H groups in total. The van der Waals surface area contributed by atoms with Crippen molar-refractivity contribution in [1.29, 1.82) is 0 Å². The third-order valence-electron chi connectivity index (χ3n) is 3.43. The number of nitrogens with zero attached hydrogens (tertiary/aromatic N) is 2. The second-order valence-corrected chi connectivity index (χ2v) is 4.49. The van der Waals surface area contributed by atoms with Crippen LogP contribution in [-0.4, -0.2) is 22.6 Å². The summed E-state index contributed by atoms with van der Waals surface area (Å²) in [5.41, 5.74) is 1.70. The van der Waals surface area contributed by atoms with Gasteiger partial charge in [0.2, 0.25) is 5.65 Å². The minimum absolute atomic E-state index is 0.0319. The van der Waals surface area contributed by atoms with Crippen LogP contribution in [-0.2, 0) is 0 Å². The predicted molar refractivity (Wildman–Crippen MR) is 64.6 cm³/mol. The maximum absolute atomic E-state index is 12.0. The molecular weight excluding hydrogens is 216 g/mol. The standard InChI is InChI=1S/C12H16N4O/c1-15-8-2-3-10-11(15)14-12(17)16(10)9-4-6-13-7-5-9/h2-3,8-9,13H,1,4-7H2,(H,14,17). The molecule has 1 saturated heterocycles. The van der Waals surface area contributed by atoms with Gasteiger partial charge in [0.05, 0.1) is 5.52 Å². The molecule has 17 heavy (non-hydrogen) atoms. The maximum atomic E-state index is 12.0. The van der Waals surface area contributed by atoms with Gasteiger partial charge in [-0.3, -0.25) is 4.57 Å². The lowest BCUT2D eigenvalue weighted by molar-refractivity contribution is -0.586. The molecule has 1 aliphatic rings. The van der Waals surface area contributed by atoms with Crippen LogP contribution in [0.3, 0.4) is 0 Å². The van der Waals surface area contributed by atoms with Crippen molar-refractivity contribution in [3.63, 3.8) is 0 Å². The fourth-order valence-corrected chi connectivity index (χ4v) is 2.57. The van der Waals surface area contributed by atoms with Crippen LogP contribution in [0.5, 0.6) is 0 Å². The topological polar surface area (TPSA) is 53.7 Å². The zero-order valence-corrected chi connectivity index (χ0v) is 9.65. The minimum Gasteiger partial charge on any atom is -0.369 e. The van der Waals surface area contributed by atoms with E-state index in [4.69, 9.17) is 0 Å². The highest BCUT2D eigenvalue weighted by Gasteiger charge is 2.20. The maximum Gasteiger partial charge on any atom is 0.402 e. The van der Waals surface area contributed by atoms with Crippen molar-refractivity contribution in [2.24, 2.45) is 0 Å². The summed E-state index contributed by atoms with van der Waals surface area (Å²) in [6, 6.07) is 4.18. The van der Waals surface area contributed by atoms with E-state index >= 15 is 0 Å². The average molecular weight is 232 g/mol. The number of hydrogen-bond donors (Lipinski definition) is 2. The molecule has 3 heterocycles. The van der Waals surface area contributed by atoms with Gasteiger partial charge >= 0.3 is 5.69 Å². The van der Waals surface area contributed by atoms with Crippen molar-refractivity contribution in [2.45, 2.75) is 18.9 Å². The molecule has 0 aromatic carbocycles. The number of H-pyrrole nitrogens is 1. The van der Waals surface area contributed by atoms with Crippen molar-refractivity contribution in [3.05, 3.63) is 35.9 Å². The summed E-state index contributed by atoms with van der Waals surface area (Å²) in [6.45, 7) is 1.95. The van der Waals surface area contributed by atoms with Crippen molar-refractivity contribution in [2.75, 3.05) is 13.1 Å². The van der Waals surface area contributed by atoms with E-state index in [9.17, 15) is 4.79 Å². The highest BCUT2D eigenvalue weighted by molar-refractivity contribution is 5.67. The van der Waals surface area contributed by atoms with Crippen LogP contribution >= 0.6 is 0 Å². The Kier molecular flexibility index (Phi) is 2.40. The molecule has 0 amide bonds. The van der Waals surface area contributed by atoms with Gasteiger partial charge in [-0.05, 0) is 39.2 Å². The van der Waals surface area contributed by atoms with Gasteiger partial charge in [0.15, 0.2) is 0 Å². The van der Waals surface area contributed by atoms with Gasteiger partial charge in [-0.25, -0.2) is 9.78 Å². The first-order valence-electron chi connectivity index (χ1n) is 5.94. The molecule has 1 aliphatic heterocycles. The summed E-state index contributed by atoms with van der Waals surface area (Å²) in [5.74, 6) is 0. The molecule has 0 unspecified atom stereocenters. The van der Waals surface area contributed by atoms with Crippen molar-refractivity contribution in [3.8, 4) is 0 Å². The van der Waals surface area contributed by atoms with Gasteiger partial charge in [0.1, 0.15) is 0 Å². The van der Waals surface area contributed by atoms with E-state index in [-0.39, 0.29) is 5.69 Å². The largest absolute Gasteiger partial charge is 0.402 e. The van der Waals surface area contributed by atoms with E-state index in [2.05, 4.69) is 17.3 Å². The SMILES string of the molecule is [CH2-][n+]1cccc2c1[nH]c(=O)n2C1CCNCC1. The third-order valence-corrected chi connectivity index (χ3v) is 3.43. The zero-order valence-electron chi connectivity index (χ0n) is 9.65. The number of fused-ring (bicyclic) bond motifs is 1. The van der Waals surface area contributed by atoms with Crippen LogP contribution in [0, 0.1) is 7.05 Å². The number of pyridine rings is 1. The Balaban J connectivity index is 2.18. The van der Waals surface area contributed by atoms with Crippen LogP contribution in [0.2, 0.25) is 0 Å². The van der Waals surface area contributed by atoms with E-state index in [0.29, 0.717) is 6.04 Å². The first-order valence-corrected chi connectivity index (χ1v) is 5.94. The van der Waals surface area contributed by atoms with Crippen molar-refractivity contribution in [1.82, 2.24) is 14.9 Å². The molecule has 3 rings (SSSR count). The Morgan fingerprint density at radius 2 is 2.18 bits per heavy atom. The van der Waals surface area contributed by atoms with Crippen molar-refractivity contribution < 1.29 is 4.57 Å². The van der Waals surface area contributed by atoms with E-state index in [1.165, 1.54) is 0 Å². The van der Waals surface area contributed by atoms with E-state index in [1.54, 1.807) is 4.57 Å². The lowest BCUT2D eigenvalue weighted by atomic mass is 10.1. The van der Waals surface area contributed by atoms with Crippen LogP contribution < -0.4 is 15.6 Å². The van der Waals surface area contributed by atoms with Gasteiger partial charge in [0.25, 0.3) is 0 Å². The normalized spacial score (nSPS) is 17.6. The molecule has 90 valence electrons. The number of rotatable bonds is 1. The fourth-order valence-electron chi connectivity index (χ4n) is 2.57. The lowest BCUT2D eigenvalue weighted by Crippen LogP contribution is -2.33. The number of imidazole rings is 1. The Morgan fingerprint density at radius 3 is 2.94 bits per heavy atom. The molecule has 0 saturated carbocycles. The number of hydrogen-bond acceptors (Lipinski definition) is 2. The summed E-state index contributed by atoms with van der Waals surface area (Å²) >= 11 is 0. The predicted octanol–water partition coefficient (Wildman–Crippen LogP) is 0.181. The van der Waals surface area contributed by atoms with Crippen LogP contribution in [0.15, 0.2) is 23.1 Å². The summed E-state index contributed by atoms with van der Waals surface area (Å²) in [4.78, 5) is 14.9. The van der Waals surface area contributed by atoms with Crippen molar-refractivity contribution >= 4 is 11.2 Å². The van der Waals surface area contributed by atoms with Crippen LogP contribution in [0.1, 0.15) is 18.9 Å². The van der Waals surface area contributed by atoms with E-state index in [1.807, 2.05) is 22.9 Å². The van der Waals surface area contributed by atoms with Crippen LogP contribution in [0.25, 0.3) is 11.2 Å². The molecule has 5 nitrogen and oxygen atoms in total. The zero-order chi connectivity index (χ0) is 11.8. The number of nitrogens with one attached hydrogen (secondary N) is 2. The van der Waals surface area contributed by atoms with Gasteiger partial charge in [0, 0.05) is 6.04 Å². The fraction of sp³-hybridized carbons (Fsp3) is 0.417. The molecule has 1 fully saturated rings. The molecule has 0 spiro atoms. The summed E-state index contributed by atoms with van der Waals surface area (Å²) in [6.07, 6.45) is 3.84. The first kappa shape index (κ1) is 10.4. The van der Waals surface area contributed by atoms with E-state index in [0.717, 1.165) is 37.1 Å². The Morgan fingerprint density at radius 1 is 1.41 bits per heavy atom. The lowest BCUT2D eigenvalue weighted by Gasteiger charge is -2.23. The molecule has 0 atom stereocenters. The van der Waals surface area contributed by atoms with Gasteiger partial charge in [-0.2, -0.15) is 0 Å². The van der Waals surface area contributed by atoms with Gasteiger partial charge in [-0.15, -0.1) is 0 Å². The average Bonchev–Trinajstić information content (AvgIpc) is 2.68. The Bertz CT molecular complexity index is 592. The van der Waals surface area contributed by atoms with Gasteiger partial charge < -0.3 is 9.88 Å². The number of aromatic amines is 1. The molecule has 2 aromatic rings. The van der Waals surface area contributed by atoms with Crippen LogP contribution in [0.4, 0.5) is 0 Å². The first-order chi connectivity index (χ1) is 8.27. The van der Waals surface area contributed by atoms with Gasteiger partial charge in [-0.1, -0.05) is 12.1 Å². The smallest absolute Gasteiger partial charge is 0.369 e. The highest BCUT2D eigenvalue weighted by atomic mass is 16.1. The quantitative estimate of drug-likeness (QED) is 0.544. The summed E-state index contributed by atoms with van der Waals surface area (Å²) in [5, 5.41) is 3.31. The number of aromatic nitrogens is 3. The summed E-state index contributed by atoms with van der Waals surface area (Å²) < 4.78 is 3.58. The second kappa shape index (κ2) is 3.92. The monoisotopic (exact) mass is 232 g/mol. The molecular formula is C12H16N4O. The molecule has 0 aliphatic carbocycles. The molecule has 2 aromatic heterocycles. The molecule has 5 heteroatoms. The Hall–Kier alpha value is -1.75. The Labute approximate surface area is 99.1 Å². The molecule has 0 radical (unpaired) electrons. The van der Waals surface area contributed by atoms with E-state index < -0.39 is 0 Å².